The molecule has 0 saturated carbocycles. The lowest BCUT2D eigenvalue weighted by atomic mass is 10.00. The van der Waals surface area contributed by atoms with Gasteiger partial charge in [0.2, 0.25) is 0 Å². The Morgan fingerprint density at radius 2 is 2.00 bits per heavy atom. The maximum absolute atomic E-state index is 12.7. The monoisotopic (exact) mass is 293 g/mol. The molecule has 0 amide bonds. The van der Waals surface area contributed by atoms with Gasteiger partial charge in [0.1, 0.15) is 11.6 Å². The highest BCUT2D eigenvalue weighted by molar-refractivity contribution is 5.78. The molecule has 1 heterocycles. The van der Waals surface area contributed by atoms with E-state index in [1.807, 2.05) is 0 Å². The van der Waals surface area contributed by atoms with Gasteiger partial charge in [0.05, 0.1) is 6.61 Å². The first kappa shape index (κ1) is 15.6. The number of aliphatic imine (C=N–C) groups is 1. The molecule has 0 unspecified atom stereocenters. The predicted molar refractivity (Wildman–Crippen MR) is 83.0 cm³/mol. The largest absolute Gasteiger partial charge is 0.494 e. The summed E-state index contributed by atoms with van der Waals surface area (Å²) in [5.41, 5.74) is 6.00. The normalized spacial score (nSPS) is 17.0. The molecule has 1 saturated heterocycles. The molecule has 5 heteroatoms. The van der Waals surface area contributed by atoms with Crippen LogP contribution in [0.1, 0.15) is 26.2 Å². The minimum absolute atomic E-state index is 0.254. The van der Waals surface area contributed by atoms with Gasteiger partial charge in [-0.25, -0.2) is 4.39 Å². The molecule has 2 rings (SSSR count). The zero-order valence-electron chi connectivity index (χ0n) is 12.6. The van der Waals surface area contributed by atoms with Crippen molar-refractivity contribution < 1.29 is 9.13 Å². The summed E-state index contributed by atoms with van der Waals surface area (Å²) in [4.78, 5) is 6.55. The average Bonchev–Trinajstić information content (AvgIpc) is 2.49. The highest BCUT2D eigenvalue weighted by atomic mass is 19.1. The van der Waals surface area contributed by atoms with E-state index in [0.29, 0.717) is 24.9 Å². The number of nitrogens with zero attached hydrogens (tertiary/aromatic N) is 2. The zero-order valence-corrected chi connectivity index (χ0v) is 12.6. The second-order valence-electron chi connectivity index (χ2n) is 5.57. The number of hydrogen-bond acceptors (Lipinski definition) is 2. The topological polar surface area (TPSA) is 50.8 Å². The second kappa shape index (κ2) is 7.86. The molecule has 0 atom stereocenters. The summed E-state index contributed by atoms with van der Waals surface area (Å²) in [5, 5.41) is 0. The second-order valence-corrected chi connectivity index (χ2v) is 5.57. The fourth-order valence-electron chi connectivity index (χ4n) is 2.32. The van der Waals surface area contributed by atoms with Gasteiger partial charge in [-0.1, -0.05) is 6.92 Å². The molecular formula is C16H24FN3O. The molecule has 0 bridgehead atoms. The molecule has 2 N–H and O–H groups in total. The van der Waals surface area contributed by atoms with E-state index >= 15 is 0 Å². The van der Waals surface area contributed by atoms with Crippen LogP contribution in [0.15, 0.2) is 29.3 Å². The van der Waals surface area contributed by atoms with E-state index in [9.17, 15) is 4.39 Å². The summed E-state index contributed by atoms with van der Waals surface area (Å²) < 4.78 is 18.2. The van der Waals surface area contributed by atoms with Crippen LogP contribution in [-0.2, 0) is 0 Å². The third kappa shape index (κ3) is 5.25. The van der Waals surface area contributed by atoms with Gasteiger partial charge in [0, 0.05) is 26.1 Å². The van der Waals surface area contributed by atoms with Crippen molar-refractivity contribution >= 4 is 5.96 Å². The Hall–Kier alpha value is -1.78. The van der Waals surface area contributed by atoms with Gasteiger partial charge in [-0.05, 0) is 43.0 Å². The third-order valence-corrected chi connectivity index (χ3v) is 3.77. The smallest absolute Gasteiger partial charge is 0.191 e. The molecule has 0 aliphatic carbocycles. The molecule has 1 aliphatic rings. The Morgan fingerprint density at radius 3 is 2.67 bits per heavy atom. The summed E-state index contributed by atoms with van der Waals surface area (Å²) in [5.74, 6) is 1.86. The van der Waals surface area contributed by atoms with Crippen molar-refractivity contribution in [3.05, 3.63) is 30.1 Å². The van der Waals surface area contributed by atoms with Crippen LogP contribution in [0.25, 0.3) is 0 Å². The van der Waals surface area contributed by atoms with Crippen LogP contribution in [0, 0.1) is 11.7 Å². The molecule has 1 aliphatic heterocycles. The zero-order chi connectivity index (χ0) is 15.1. The van der Waals surface area contributed by atoms with Crippen LogP contribution in [0.2, 0.25) is 0 Å². The van der Waals surface area contributed by atoms with Gasteiger partial charge >= 0.3 is 0 Å². The van der Waals surface area contributed by atoms with E-state index in [4.69, 9.17) is 10.5 Å². The first-order chi connectivity index (χ1) is 10.1. The minimum atomic E-state index is -0.254. The number of rotatable bonds is 5. The number of guanidine groups is 1. The van der Waals surface area contributed by atoms with Crippen LogP contribution in [-0.4, -0.2) is 37.1 Å². The summed E-state index contributed by atoms with van der Waals surface area (Å²) >= 11 is 0. The van der Waals surface area contributed by atoms with Gasteiger partial charge in [0.15, 0.2) is 5.96 Å². The highest BCUT2D eigenvalue weighted by Crippen LogP contribution is 2.15. The van der Waals surface area contributed by atoms with Gasteiger partial charge in [-0.3, -0.25) is 4.99 Å². The van der Waals surface area contributed by atoms with Gasteiger partial charge in [0.25, 0.3) is 0 Å². The van der Waals surface area contributed by atoms with Gasteiger partial charge in [-0.2, -0.15) is 0 Å². The predicted octanol–water partition coefficient (Wildman–Crippen LogP) is 2.64. The maximum Gasteiger partial charge on any atom is 0.191 e. The van der Waals surface area contributed by atoms with E-state index in [-0.39, 0.29) is 5.82 Å². The molecule has 4 nitrogen and oxygen atoms in total. The van der Waals surface area contributed by atoms with E-state index in [2.05, 4.69) is 16.8 Å². The quantitative estimate of drug-likeness (QED) is 0.516. The van der Waals surface area contributed by atoms with E-state index in [0.717, 1.165) is 25.4 Å². The molecule has 21 heavy (non-hydrogen) atoms. The number of benzene rings is 1. The summed E-state index contributed by atoms with van der Waals surface area (Å²) in [6, 6.07) is 6.04. The number of piperidine rings is 1. The van der Waals surface area contributed by atoms with Crippen molar-refractivity contribution in [2.75, 3.05) is 26.2 Å². The average molecular weight is 293 g/mol. The molecule has 0 radical (unpaired) electrons. The summed E-state index contributed by atoms with van der Waals surface area (Å²) in [7, 11) is 0. The van der Waals surface area contributed by atoms with Crippen molar-refractivity contribution in [3.8, 4) is 5.75 Å². The van der Waals surface area contributed by atoms with Crippen molar-refractivity contribution in [2.45, 2.75) is 26.2 Å². The lowest BCUT2D eigenvalue weighted by molar-refractivity contribution is 0.277. The molecule has 116 valence electrons. The minimum Gasteiger partial charge on any atom is -0.494 e. The molecule has 1 aromatic carbocycles. The maximum atomic E-state index is 12.7. The first-order valence-corrected chi connectivity index (χ1v) is 7.58. The Balaban J connectivity index is 1.64. The lowest BCUT2D eigenvalue weighted by Gasteiger charge is -2.31. The third-order valence-electron chi connectivity index (χ3n) is 3.77. The SMILES string of the molecule is CC1CCN(C(N)=NCCCOc2ccc(F)cc2)CC1. The van der Waals surface area contributed by atoms with Gasteiger partial charge in [-0.15, -0.1) is 0 Å². The van der Waals surface area contributed by atoms with E-state index < -0.39 is 0 Å². The van der Waals surface area contributed by atoms with E-state index in [1.54, 1.807) is 12.1 Å². The molecule has 0 spiro atoms. The fourth-order valence-corrected chi connectivity index (χ4v) is 2.32. The Bertz CT molecular complexity index is 453. The van der Waals surface area contributed by atoms with Crippen molar-refractivity contribution in [1.29, 1.82) is 0 Å². The molecule has 0 aromatic heterocycles. The van der Waals surface area contributed by atoms with E-state index in [1.165, 1.54) is 25.0 Å². The Kier molecular flexibility index (Phi) is 5.84. The fraction of sp³-hybridized carbons (Fsp3) is 0.562. The number of likely N-dealkylation sites (tertiary alicyclic amines) is 1. The van der Waals surface area contributed by atoms with Gasteiger partial charge < -0.3 is 15.4 Å². The molecule has 1 aromatic rings. The van der Waals surface area contributed by atoms with Crippen molar-refractivity contribution in [3.63, 3.8) is 0 Å². The summed E-state index contributed by atoms with van der Waals surface area (Å²) in [6.45, 7) is 5.49. The number of halogens is 1. The molecular weight excluding hydrogens is 269 g/mol. The number of ether oxygens (including phenoxy) is 1. The van der Waals surface area contributed by atoms with Crippen LogP contribution < -0.4 is 10.5 Å². The van der Waals surface area contributed by atoms with Crippen LogP contribution in [0.5, 0.6) is 5.75 Å². The van der Waals surface area contributed by atoms with Crippen molar-refractivity contribution in [1.82, 2.24) is 4.90 Å². The van der Waals surface area contributed by atoms with Crippen LogP contribution >= 0.6 is 0 Å². The Morgan fingerprint density at radius 1 is 1.33 bits per heavy atom. The molecule has 1 fully saturated rings. The summed E-state index contributed by atoms with van der Waals surface area (Å²) in [6.07, 6.45) is 3.16. The first-order valence-electron chi connectivity index (χ1n) is 7.58. The highest BCUT2D eigenvalue weighted by Gasteiger charge is 2.16. The van der Waals surface area contributed by atoms with Crippen molar-refractivity contribution in [2.24, 2.45) is 16.6 Å². The Labute approximate surface area is 125 Å². The standard InChI is InChI=1S/C16H24FN3O/c1-13-7-10-20(11-8-13)16(18)19-9-2-12-21-15-5-3-14(17)4-6-15/h3-6,13H,2,7-12H2,1H3,(H2,18,19). The lowest BCUT2D eigenvalue weighted by Crippen LogP contribution is -2.42. The number of hydrogen-bond donors (Lipinski definition) is 1. The number of nitrogens with two attached hydrogens (primary N) is 1. The van der Waals surface area contributed by atoms with Crippen LogP contribution in [0.3, 0.4) is 0 Å². The van der Waals surface area contributed by atoms with Crippen LogP contribution in [0.4, 0.5) is 4.39 Å².